The summed E-state index contributed by atoms with van der Waals surface area (Å²) in [6.07, 6.45) is 3.69. The first kappa shape index (κ1) is 16.7. The molecule has 1 aliphatic heterocycles. The molecular formula is C18H21N5O3. The normalized spacial score (nSPS) is 17.0. The van der Waals surface area contributed by atoms with Crippen molar-refractivity contribution in [2.45, 2.75) is 25.5 Å². The first-order valence-electron chi connectivity index (χ1n) is 8.68. The molecule has 8 heteroatoms. The van der Waals surface area contributed by atoms with Gasteiger partial charge in [-0.25, -0.2) is 0 Å². The lowest BCUT2D eigenvalue weighted by molar-refractivity contribution is 0.102. The third-order valence-corrected chi connectivity index (χ3v) is 4.53. The van der Waals surface area contributed by atoms with E-state index in [1.165, 1.54) is 0 Å². The smallest absolute Gasteiger partial charge is 0.260 e. The van der Waals surface area contributed by atoms with Crippen LogP contribution >= 0.6 is 0 Å². The minimum absolute atomic E-state index is 0.0656. The fourth-order valence-electron chi connectivity index (χ4n) is 3.24. The lowest BCUT2D eigenvalue weighted by atomic mass is 10.1. The van der Waals surface area contributed by atoms with Crippen molar-refractivity contribution in [1.82, 2.24) is 19.7 Å². The van der Waals surface area contributed by atoms with Gasteiger partial charge in [-0.05, 0) is 18.9 Å². The Morgan fingerprint density at radius 3 is 3.15 bits per heavy atom. The molecule has 1 aromatic carbocycles. The number of hydrogen-bond acceptors (Lipinski definition) is 5. The van der Waals surface area contributed by atoms with E-state index in [9.17, 15) is 4.79 Å². The molecule has 0 bridgehead atoms. The van der Waals surface area contributed by atoms with Gasteiger partial charge in [0.25, 0.3) is 5.91 Å². The van der Waals surface area contributed by atoms with Crippen LogP contribution in [0.5, 0.6) is 0 Å². The number of rotatable bonds is 6. The third kappa shape index (κ3) is 3.21. The maximum absolute atomic E-state index is 12.8. The van der Waals surface area contributed by atoms with Crippen molar-refractivity contribution in [3.8, 4) is 0 Å². The van der Waals surface area contributed by atoms with Crippen molar-refractivity contribution in [2.75, 3.05) is 25.6 Å². The van der Waals surface area contributed by atoms with E-state index in [0.717, 1.165) is 30.4 Å². The van der Waals surface area contributed by atoms with Crippen LogP contribution in [-0.4, -0.2) is 46.0 Å². The maximum atomic E-state index is 12.8. The molecular weight excluding hydrogens is 334 g/mol. The Morgan fingerprint density at radius 1 is 1.46 bits per heavy atom. The van der Waals surface area contributed by atoms with Crippen LogP contribution in [0.2, 0.25) is 0 Å². The van der Waals surface area contributed by atoms with E-state index < -0.39 is 0 Å². The van der Waals surface area contributed by atoms with Crippen molar-refractivity contribution >= 4 is 22.8 Å². The van der Waals surface area contributed by atoms with Gasteiger partial charge in [0.05, 0.1) is 12.2 Å². The first-order valence-corrected chi connectivity index (χ1v) is 8.68. The van der Waals surface area contributed by atoms with Crippen LogP contribution in [0, 0.1) is 0 Å². The van der Waals surface area contributed by atoms with Gasteiger partial charge >= 0.3 is 0 Å². The topological polar surface area (TPSA) is 94.1 Å². The predicted molar refractivity (Wildman–Crippen MR) is 96.1 cm³/mol. The Morgan fingerprint density at radius 2 is 2.35 bits per heavy atom. The molecule has 2 aromatic heterocycles. The number of aromatic nitrogens is 4. The molecule has 2 N–H and O–H groups in total. The van der Waals surface area contributed by atoms with Gasteiger partial charge in [0.1, 0.15) is 6.10 Å². The molecule has 1 atom stereocenters. The number of hydrogen-bond donors (Lipinski definition) is 2. The summed E-state index contributed by atoms with van der Waals surface area (Å²) in [6.45, 7) is 1.98. The lowest BCUT2D eigenvalue weighted by Crippen LogP contribution is -2.13. The number of benzene rings is 1. The molecule has 0 aliphatic carbocycles. The van der Waals surface area contributed by atoms with Crippen molar-refractivity contribution in [3.05, 3.63) is 41.9 Å². The molecule has 3 heterocycles. The van der Waals surface area contributed by atoms with Crippen LogP contribution in [-0.2, 0) is 16.0 Å². The molecule has 1 saturated heterocycles. The molecule has 0 saturated carbocycles. The van der Waals surface area contributed by atoms with E-state index in [0.29, 0.717) is 24.5 Å². The Labute approximate surface area is 150 Å². The molecule has 8 nitrogen and oxygen atoms in total. The largest absolute Gasteiger partial charge is 0.383 e. The van der Waals surface area contributed by atoms with Gasteiger partial charge in [-0.3, -0.25) is 15.2 Å². The average Bonchev–Trinajstić information content (AvgIpc) is 3.39. The van der Waals surface area contributed by atoms with Crippen LogP contribution in [0.25, 0.3) is 10.9 Å². The van der Waals surface area contributed by atoms with Gasteiger partial charge < -0.3 is 14.0 Å². The highest BCUT2D eigenvalue weighted by Crippen LogP contribution is 2.26. The second kappa shape index (κ2) is 7.27. The summed E-state index contributed by atoms with van der Waals surface area (Å²) in [7, 11) is 1.66. The summed E-state index contributed by atoms with van der Waals surface area (Å²) in [6, 6.07) is 7.80. The quantitative estimate of drug-likeness (QED) is 0.708. The number of aromatic amines is 1. The molecule has 1 unspecified atom stereocenters. The van der Waals surface area contributed by atoms with E-state index >= 15 is 0 Å². The molecule has 26 heavy (non-hydrogen) atoms. The van der Waals surface area contributed by atoms with Crippen molar-refractivity contribution < 1.29 is 14.3 Å². The fourth-order valence-corrected chi connectivity index (χ4v) is 3.24. The molecule has 0 radical (unpaired) electrons. The van der Waals surface area contributed by atoms with Gasteiger partial charge in [0.15, 0.2) is 5.82 Å². The number of carbonyl (C=O) groups excluding carboxylic acids is 1. The number of amides is 1. The standard InChI is InChI=1S/C18H21N5O3/c1-25-10-8-23-11-13(12-5-2-3-6-14(12)23)17(24)20-18-19-16(21-22-18)15-7-4-9-26-15/h2-3,5-6,11,15H,4,7-10H2,1H3,(H2,19,20,21,22,24). The van der Waals surface area contributed by atoms with Crippen molar-refractivity contribution in [1.29, 1.82) is 0 Å². The number of carbonyl (C=O) groups is 1. The molecule has 1 amide bonds. The summed E-state index contributed by atoms with van der Waals surface area (Å²) in [5.74, 6) is 0.671. The number of para-hydroxylation sites is 1. The van der Waals surface area contributed by atoms with Gasteiger partial charge in [-0.2, -0.15) is 4.98 Å². The highest BCUT2D eigenvalue weighted by Gasteiger charge is 2.22. The number of ether oxygens (including phenoxy) is 2. The molecule has 1 aliphatic rings. The zero-order chi connectivity index (χ0) is 17.9. The number of fused-ring (bicyclic) bond motifs is 1. The van der Waals surface area contributed by atoms with E-state index in [-0.39, 0.29) is 18.0 Å². The van der Waals surface area contributed by atoms with E-state index in [2.05, 4.69) is 20.5 Å². The summed E-state index contributed by atoms with van der Waals surface area (Å²) >= 11 is 0. The van der Waals surface area contributed by atoms with E-state index in [1.807, 2.05) is 35.0 Å². The summed E-state index contributed by atoms with van der Waals surface area (Å²) in [5.41, 5.74) is 1.57. The van der Waals surface area contributed by atoms with Crippen LogP contribution in [0.3, 0.4) is 0 Å². The molecule has 4 rings (SSSR count). The van der Waals surface area contributed by atoms with Crippen molar-refractivity contribution in [3.63, 3.8) is 0 Å². The van der Waals surface area contributed by atoms with Crippen LogP contribution in [0.4, 0.5) is 5.95 Å². The Balaban J connectivity index is 1.56. The number of nitrogens with zero attached hydrogens (tertiary/aromatic N) is 3. The highest BCUT2D eigenvalue weighted by atomic mass is 16.5. The fraction of sp³-hybridized carbons (Fsp3) is 0.389. The van der Waals surface area contributed by atoms with Gasteiger partial charge in [0, 0.05) is 37.4 Å². The van der Waals surface area contributed by atoms with Gasteiger partial charge in [-0.15, -0.1) is 5.10 Å². The minimum atomic E-state index is -0.241. The first-order chi connectivity index (χ1) is 12.8. The minimum Gasteiger partial charge on any atom is -0.383 e. The molecule has 3 aromatic rings. The summed E-state index contributed by atoms with van der Waals surface area (Å²) in [5, 5.41) is 10.6. The maximum Gasteiger partial charge on any atom is 0.260 e. The number of H-pyrrole nitrogens is 1. The molecule has 136 valence electrons. The van der Waals surface area contributed by atoms with E-state index in [4.69, 9.17) is 9.47 Å². The second-order valence-electron chi connectivity index (χ2n) is 6.25. The van der Waals surface area contributed by atoms with Gasteiger partial charge in [-0.1, -0.05) is 18.2 Å². The SMILES string of the molecule is COCCn1cc(C(=O)Nc2n[nH]c(C3CCCO3)n2)c2ccccc21. The Hall–Kier alpha value is -2.71. The van der Waals surface area contributed by atoms with Crippen LogP contribution in [0.1, 0.15) is 35.1 Å². The summed E-state index contributed by atoms with van der Waals surface area (Å²) < 4.78 is 12.8. The average molecular weight is 355 g/mol. The zero-order valence-electron chi connectivity index (χ0n) is 14.6. The van der Waals surface area contributed by atoms with Crippen LogP contribution in [0.15, 0.2) is 30.5 Å². The van der Waals surface area contributed by atoms with Crippen LogP contribution < -0.4 is 5.32 Å². The third-order valence-electron chi connectivity index (χ3n) is 4.53. The monoisotopic (exact) mass is 355 g/mol. The Kier molecular flexibility index (Phi) is 4.68. The number of anilines is 1. The number of methoxy groups -OCH3 is 1. The predicted octanol–water partition coefficient (Wildman–Crippen LogP) is 2.51. The number of nitrogens with one attached hydrogen (secondary N) is 2. The summed E-state index contributed by atoms with van der Waals surface area (Å²) in [4.78, 5) is 17.1. The second-order valence-corrected chi connectivity index (χ2v) is 6.25. The Bertz CT molecular complexity index is 911. The lowest BCUT2D eigenvalue weighted by Gasteiger charge is -2.03. The molecule has 0 spiro atoms. The van der Waals surface area contributed by atoms with Crippen molar-refractivity contribution in [2.24, 2.45) is 0 Å². The molecule has 1 fully saturated rings. The highest BCUT2D eigenvalue weighted by molar-refractivity contribution is 6.12. The van der Waals surface area contributed by atoms with E-state index in [1.54, 1.807) is 7.11 Å². The van der Waals surface area contributed by atoms with Gasteiger partial charge in [0.2, 0.25) is 5.95 Å². The zero-order valence-corrected chi connectivity index (χ0v) is 14.6.